The van der Waals surface area contributed by atoms with Crippen LogP contribution in [0.15, 0.2) is 24.3 Å². The van der Waals surface area contributed by atoms with Gasteiger partial charge in [0.05, 0.1) is 23.6 Å². The quantitative estimate of drug-likeness (QED) is 0.711. The van der Waals surface area contributed by atoms with Crippen molar-refractivity contribution in [3.05, 3.63) is 29.8 Å². The first-order chi connectivity index (χ1) is 13.1. The maximum atomic E-state index is 13.7. The van der Waals surface area contributed by atoms with E-state index >= 15 is 0 Å². The third-order valence-corrected chi connectivity index (χ3v) is 8.12. The molecule has 2 bridgehead atoms. The molecule has 0 aromatic heterocycles. The Balaban J connectivity index is 1.42. The van der Waals surface area contributed by atoms with Gasteiger partial charge in [0.1, 0.15) is 17.8 Å². The highest BCUT2D eigenvalue weighted by atomic mass is 16.7. The predicted molar refractivity (Wildman–Crippen MR) is 95.0 cm³/mol. The van der Waals surface area contributed by atoms with Crippen LogP contribution in [0.3, 0.4) is 0 Å². The summed E-state index contributed by atoms with van der Waals surface area (Å²) in [6.07, 6.45) is 3.27. The van der Waals surface area contributed by atoms with Crippen LogP contribution in [-0.2, 0) is 19.1 Å². The van der Waals surface area contributed by atoms with Crippen molar-refractivity contribution in [3.8, 4) is 0 Å². The maximum absolute atomic E-state index is 13.7. The molecule has 6 heteroatoms. The molecule has 1 aromatic carbocycles. The first kappa shape index (κ1) is 15.1. The number of epoxide rings is 1. The Hall–Kier alpha value is -1.92. The molecule has 5 fully saturated rings. The molecule has 6 nitrogen and oxygen atoms in total. The van der Waals surface area contributed by atoms with Crippen LogP contribution in [0.4, 0.5) is 5.69 Å². The van der Waals surface area contributed by atoms with Crippen molar-refractivity contribution < 1.29 is 19.1 Å². The van der Waals surface area contributed by atoms with Crippen LogP contribution >= 0.6 is 0 Å². The van der Waals surface area contributed by atoms with E-state index in [4.69, 9.17) is 9.47 Å². The van der Waals surface area contributed by atoms with Crippen molar-refractivity contribution >= 4 is 17.5 Å². The molecule has 6 aliphatic rings. The molecule has 7 atom stereocenters. The highest BCUT2D eigenvalue weighted by Crippen LogP contribution is 2.71. The first-order valence-electron chi connectivity index (χ1n) is 10.1. The number of para-hydroxylation sites is 1. The second-order valence-corrected chi connectivity index (χ2v) is 9.20. The van der Waals surface area contributed by atoms with Crippen LogP contribution in [0, 0.1) is 5.41 Å². The Morgan fingerprint density at radius 3 is 2.85 bits per heavy atom. The van der Waals surface area contributed by atoms with Gasteiger partial charge in [-0.1, -0.05) is 18.2 Å². The van der Waals surface area contributed by atoms with Crippen molar-refractivity contribution in [2.75, 3.05) is 11.4 Å². The fourth-order valence-electron chi connectivity index (χ4n) is 6.97. The van der Waals surface area contributed by atoms with Crippen molar-refractivity contribution in [1.82, 2.24) is 4.90 Å². The Morgan fingerprint density at radius 1 is 1.22 bits per heavy atom. The fourth-order valence-corrected chi connectivity index (χ4v) is 6.97. The van der Waals surface area contributed by atoms with Crippen molar-refractivity contribution in [3.63, 3.8) is 0 Å². The molecular formula is C21H22N2O4. The third kappa shape index (κ3) is 1.45. The van der Waals surface area contributed by atoms with E-state index in [1.807, 2.05) is 28.0 Å². The van der Waals surface area contributed by atoms with Gasteiger partial charge in [-0.15, -0.1) is 0 Å². The van der Waals surface area contributed by atoms with Crippen LogP contribution in [0.1, 0.15) is 44.2 Å². The van der Waals surface area contributed by atoms with Crippen LogP contribution in [0.25, 0.3) is 0 Å². The number of carbonyl (C=O) groups excluding carboxylic acids is 2. The summed E-state index contributed by atoms with van der Waals surface area (Å²) in [6, 6.07) is 8.06. The molecule has 6 heterocycles. The molecule has 27 heavy (non-hydrogen) atoms. The molecule has 0 aliphatic carbocycles. The summed E-state index contributed by atoms with van der Waals surface area (Å²) in [5.41, 5.74) is 0.961. The number of carbonyl (C=O) groups is 2. The lowest BCUT2D eigenvalue weighted by Crippen LogP contribution is -2.56. The minimum absolute atomic E-state index is 0.0161. The monoisotopic (exact) mass is 366 g/mol. The molecule has 0 N–H and O–H groups in total. The number of likely N-dealkylation sites (tertiary alicyclic amines) is 1. The summed E-state index contributed by atoms with van der Waals surface area (Å²) >= 11 is 0. The number of anilines is 1. The molecule has 6 aliphatic heterocycles. The van der Waals surface area contributed by atoms with E-state index in [0.717, 1.165) is 37.1 Å². The highest BCUT2D eigenvalue weighted by Gasteiger charge is 2.86. The van der Waals surface area contributed by atoms with E-state index in [1.54, 1.807) is 0 Å². The van der Waals surface area contributed by atoms with Crippen molar-refractivity contribution in [2.24, 2.45) is 5.41 Å². The Bertz CT molecular complexity index is 917. The predicted octanol–water partition coefficient (Wildman–Crippen LogP) is 1.78. The molecular weight excluding hydrogens is 344 g/mol. The van der Waals surface area contributed by atoms with Crippen molar-refractivity contribution in [1.29, 1.82) is 0 Å². The number of rotatable bonds is 1. The SMILES string of the molecule is C[C@@]12C[C@@H]3O[C@@]1([C@@H]1C[C@H](N4CCCC4=O)c4ccccc4N1C2=O)[C@H]1O[C@@H]31. The Morgan fingerprint density at radius 2 is 2.07 bits per heavy atom. The van der Waals surface area contributed by atoms with Crippen LogP contribution < -0.4 is 4.90 Å². The topological polar surface area (TPSA) is 62.4 Å². The summed E-state index contributed by atoms with van der Waals surface area (Å²) in [6.45, 7) is 2.87. The smallest absolute Gasteiger partial charge is 0.236 e. The lowest BCUT2D eigenvalue weighted by molar-refractivity contribution is -0.134. The molecule has 0 unspecified atom stereocenters. The van der Waals surface area contributed by atoms with Gasteiger partial charge in [0, 0.05) is 18.7 Å². The zero-order valence-electron chi connectivity index (χ0n) is 15.3. The van der Waals surface area contributed by atoms with Gasteiger partial charge >= 0.3 is 0 Å². The summed E-state index contributed by atoms with van der Waals surface area (Å²) in [5.74, 6) is 0.396. The van der Waals surface area contributed by atoms with E-state index in [0.29, 0.717) is 6.42 Å². The van der Waals surface area contributed by atoms with Gasteiger partial charge in [-0.2, -0.15) is 0 Å². The summed E-state index contributed by atoms with van der Waals surface area (Å²) in [4.78, 5) is 30.2. The van der Waals surface area contributed by atoms with E-state index in [2.05, 4.69) is 13.0 Å². The summed E-state index contributed by atoms with van der Waals surface area (Å²) in [7, 11) is 0. The van der Waals surface area contributed by atoms with E-state index in [9.17, 15) is 9.59 Å². The van der Waals surface area contributed by atoms with Gasteiger partial charge in [-0.3, -0.25) is 9.59 Å². The Labute approximate surface area is 157 Å². The fraction of sp³-hybridized carbons (Fsp3) is 0.619. The zero-order valence-corrected chi connectivity index (χ0v) is 15.3. The number of ether oxygens (including phenoxy) is 2. The van der Waals surface area contributed by atoms with Gasteiger partial charge < -0.3 is 19.3 Å². The summed E-state index contributed by atoms with van der Waals surface area (Å²) in [5, 5.41) is 0. The van der Waals surface area contributed by atoms with E-state index < -0.39 is 11.0 Å². The average Bonchev–Trinajstić information content (AvgIpc) is 3.07. The van der Waals surface area contributed by atoms with Gasteiger partial charge in [0.2, 0.25) is 11.8 Å². The number of nitrogens with zero attached hydrogens (tertiary/aromatic N) is 2. The van der Waals surface area contributed by atoms with E-state index in [-0.39, 0.29) is 42.2 Å². The van der Waals surface area contributed by atoms with Gasteiger partial charge in [0.25, 0.3) is 0 Å². The zero-order chi connectivity index (χ0) is 18.1. The Kier molecular flexibility index (Phi) is 2.45. The molecule has 7 rings (SSSR count). The lowest BCUT2D eigenvalue weighted by Gasteiger charge is -2.44. The minimum atomic E-state index is -0.562. The second kappa shape index (κ2) is 4.39. The van der Waals surface area contributed by atoms with Gasteiger partial charge in [0.15, 0.2) is 0 Å². The third-order valence-electron chi connectivity index (χ3n) is 8.12. The van der Waals surface area contributed by atoms with Crippen LogP contribution in [0.2, 0.25) is 0 Å². The number of hydrogen-bond acceptors (Lipinski definition) is 4. The lowest BCUT2D eigenvalue weighted by atomic mass is 9.65. The molecule has 0 radical (unpaired) electrons. The maximum Gasteiger partial charge on any atom is 0.236 e. The number of hydrogen-bond donors (Lipinski definition) is 0. The average molecular weight is 366 g/mol. The molecule has 140 valence electrons. The van der Waals surface area contributed by atoms with Gasteiger partial charge in [-0.25, -0.2) is 0 Å². The molecule has 0 saturated carbocycles. The first-order valence-corrected chi connectivity index (χ1v) is 10.1. The standard InChI is InChI=1S/C21H22N2O4/c1-20-10-14-17-18(26-17)21(20,27-14)15-9-13(22-8-4-7-16(22)24)11-5-2-3-6-12(11)23(15)19(20)25/h2-3,5-6,13-15,17-18H,4,7-10H2,1H3/t13-,14-,15-,17-,18-,20-,21-/m0/s1. The normalized spacial score (nSPS) is 48.6. The van der Waals surface area contributed by atoms with E-state index in [1.165, 1.54) is 0 Å². The van der Waals surface area contributed by atoms with Crippen LogP contribution in [0.5, 0.6) is 0 Å². The largest absolute Gasteiger partial charge is 0.363 e. The highest BCUT2D eigenvalue weighted by molar-refractivity contribution is 6.04. The second-order valence-electron chi connectivity index (χ2n) is 9.20. The van der Waals surface area contributed by atoms with Crippen molar-refractivity contribution in [2.45, 2.75) is 68.6 Å². The molecule has 1 aromatic rings. The van der Waals surface area contributed by atoms with Gasteiger partial charge in [-0.05, 0) is 37.8 Å². The minimum Gasteiger partial charge on any atom is -0.363 e. The number of amides is 2. The molecule has 1 spiro atoms. The summed E-state index contributed by atoms with van der Waals surface area (Å²) < 4.78 is 12.5. The van der Waals surface area contributed by atoms with Crippen LogP contribution in [-0.4, -0.2) is 53.2 Å². The number of benzene rings is 1. The molecule has 5 saturated heterocycles. The molecule has 2 amide bonds. The number of fused-ring (bicyclic) bond motifs is 6.